The molecule has 158 valence electrons. The zero-order chi connectivity index (χ0) is 21.8. The molecule has 1 unspecified atom stereocenters. The largest absolute Gasteiger partial charge is 0.507 e. The van der Waals surface area contributed by atoms with Crippen LogP contribution in [0, 0.1) is 0 Å². The number of phenolic OH excluding ortho intramolecular Hbond substituents is 1. The number of phenols is 1. The predicted octanol–water partition coefficient (Wildman–Crippen LogP) is 4.24. The minimum Gasteiger partial charge on any atom is -0.507 e. The van der Waals surface area contributed by atoms with E-state index in [1.165, 1.54) is 6.07 Å². The summed E-state index contributed by atoms with van der Waals surface area (Å²) in [5.41, 5.74) is 3.37. The van der Waals surface area contributed by atoms with Crippen molar-refractivity contribution in [3.8, 4) is 11.5 Å². The molecular formula is C24H21NO5S. The van der Waals surface area contributed by atoms with Gasteiger partial charge in [0, 0.05) is 17.9 Å². The summed E-state index contributed by atoms with van der Waals surface area (Å²) in [4.78, 5) is 23.8. The summed E-state index contributed by atoms with van der Waals surface area (Å²) in [5, 5.41) is 22.0. The Morgan fingerprint density at radius 3 is 2.61 bits per heavy atom. The molecule has 0 fully saturated rings. The lowest BCUT2D eigenvalue weighted by Crippen LogP contribution is -2.26. The summed E-state index contributed by atoms with van der Waals surface area (Å²) < 4.78 is 5.95. The molecule has 1 aliphatic heterocycles. The van der Waals surface area contributed by atoms with Gasteiger partial charge in [0.2, 0.25) is 0 Å². The van der Waals surface area contributed by atoms with E-state index in [1.807, 2.05) is 24.3 Å². The molecule has 0 aromatic heterocycles. The van der Waals surface area contributed by atoms with Crippen molar-refractivity contribution < 1.29 is 24.5 Å². The number of thioether (sulfide) groups is 1. The highest BCUT2D eigenvalue weighted by molar-refractivity contribution is 7.99. The van der Waals surface area contributed by atoms with Crippen LogP contribution in [0.2, 0.25) is 0 Å². The molecule has 0 saturated carbocycles. The van der Waals surface area contributed by atoms with Crippen LogP contribution in [0.3, 0.4) is 0 Å². The maximum Gasteiger partial charge on any atom is 0.335 e. The number of amides is 1. The molecule has 7 heteroatoms. The number of carboxylic acid groups (broad SMARTS) is 1. The SMILES string of the molecule is O=C(O)c1ccc2c(c1)C(SCCNC(=O)c1ccccc1O)c1ccccc1CO2. The molecule has 1 aliphatic rings. The van der Waals surface area contributed by atoms with Crippen molar-refractivity contribution in [2.75, 3.05) is 12.3 Å². The number of hydrogen-bond donors (Lipinski definition) is 3. The molecular weight excluding hydrogens is 414 g/mol. The average molecular weight is 436 g/mol. The smallest absolute Gasteiger partial charge is 0.335 e. The van der Waals surface area contributed by atoms with Gasteiger partial charge in [0.1, 0.15) is 18.1 Å². The second-order valence-corrected chi connectivity index (χ2v) is 8.28. The van der Waals surface area contributed by atoms with Gasteiger partial charge in [-0.05, 0) is 41.5 Å². The standard InChI is InChI=1S/C24H21NO5S/c26-20-8-4-3-7-18(20)23(27)25-11-12-31-22-17-6-2-1-5-16(17)14-30-21-10-9-15(24(28)29)13-19(21)22/h1-10,13,22,26H,11-12,14H2,(H,25,27)(H,28,29). The van der Waals surface area contributed by atoms with Crippen LogP contribution in [-0.4, -0.2) is 34.4 Å². The number of carboxylic acids is 1. The maximum atomic E-state index is 12.3. The summed E-state index contributed by atoms with van der Waals surface area (Å²) in [7, 11) is 0. The number of rotatable bonds is 6. The summed E-state index contributed by atoms with van der Waals surface area (Å²) in [6.07, 6.45) is 0. The molecule has 0 spiro atoms. The van der Waals surface area contributed by atoms with Gasteiger partial charge in [-0.2, -0.15) is 0 Å². The molecule has 3 N–H and O–H groups in total. The van der Waals surface area contributed by atoms with Crippen LogP contribution < -0.4 is 10.1 Å². The van der Waals surface area contributed by atoms with E-state index in [4.69, 9.17) is 4.74 Å². The molecule has 6 nitrogen and oxygen atoms in total. The van der Waals surface area contributed by atoms with E-state index in [9.17, 15) is 19.8 Å². The van der Waals surface area contributed by atoms with Gasteiger partial charge in [-0.1, -0.05) is 36.4 Å². The Balaban J connectivity index is 1.53. The Morgan fingerprint density at radius 1 is 1.03 bits per heavy atom. The third-order valence-electron chi connectivity index (χ3n) is 5.08. The van der Waals surface area contributed by atoms with Crippen LogP contribution in [0.25, 0.3) is 0 Å². The fourth-order valence-corrected chi connectivity index (χ4v) is 4.77. The number of aromatic carboxylic acids is 1. The van der Waals surface area contributed by atoms with Crippen molar-refractivity contribution in [3.63, 3.8) is 0 Å². The van der Waals surface area contributed by atoms with Crippen molar-refractivity contribution in [3.05, 3.63) is 94.5 Å². The van der Waals surface area contributed by atoms with E-state index in [1.54, 1.807) is 48.2 Å². The van der Waals surface area contributed by atoms with Gasteiger partial charge in [0.05, 0.1) is 16.4 Å². The molecule has 3 aromatic rings. The minimum absolute atomic E-state index is 0.0578. The van der Waals surface area contributed by atoms with Gasteiger partial charge >= 0.3 is 5.97 Å². The number of fused-ring (bicyclic) bond motifs is 2. The Morgan fingerprint density at radius 2 is 1.81 bits per heavy atom. The lowest BCUT2D eigenvalue weighted by molar-refractivity contribution is 0.0696. The summed E-state index contributed by atoms with van der Waals surface area (Å²) >= 11 is 1.61. The maximum absolute atomic E-state index is 12.3. The average Bonchev–Trinajstić information content (AvgIpc) is 2.93. The number of ether oxygens (including phenoxy) is 1. The zero-order valence-corrected chi connectivity index (χ0v) is 17.4. The molecule has 1 atom stereocenters. The van der Waals surface area contributed by atoms with Crippen LogP contribution in [0.5, 0.6) is 11.5 Å². The quantitative estimate of drug-likeness (QED) is 0.502. The second-order valence-electron chi connectivity index (χ2n) is 7.07. The molecule has 1 amide bonds. The van der Waals surface area contributed by atoms with Crippen LogP contribution in [-0.2, 0) is 6.61 Å². The van der Waals surface area contributed by atoms with Crippen molar-refractivity contribution in [2.24, 2.45) is 0 Å². The van der Waals surface area contributed by atoms with Crippen LogP contribution in [0.4, 0.5) is 0 Å². The summed E-state index contributed by atoms with van der Waals surface area (Å²) in [6.45, 7) is 0.808. The van der Waals surface area contributed by atoms with E-state index in [0.717, 1.165) is 16.7 Å². The number of para-hydroxylation sites is 1. The third-order valence-corrected chi connectivity index (χ3v) is 6.36. The van der Waals surface area contributed by atoms with Gasteiger partial charge in [-0.25, -0.2) is 4.79 Å². The van der Waals surface area contributed by atoms with Gasteiger partial charge in [0.15, 0.2) is 0 Å². The lowest BCUT2D eigenvalue weighted by atomic mass is 9.98. The van der Waals surface area contributed by atoms with Gasteiger partial charge in [-0.3, -0.25) is 4.79 Å². The first-order valence-corrected chi connectivity index (χ1v) is 10.8. The number of nitrogens with one attached hydrogen (secondary N) is 1. The van der Waals surface area contributed by atoms with Crippen LogP contribution in [0.1, 0.15) is 42.7 Å². The fraction of sp³-hybridized carbons (Fsp3) is 0.167. The van der Waals surface area contributed by atoms with Crippen LogP contribution >= 0.6 is 11.8 Å². The van der Waals surface area contributed by atoms with E-state index in [-0.39, 0.29) is 28.0 Å². The Bertz CT molecular complexity index is 1130. The van der Waals surface area contributed by atoms with E-state index in [0.29, 0.717) is 24.7 Å². The minimum atomic E-state index is -0.987. The number of aromatic hydroxyl groups is 1. The summed E-state index contributed by atoms with van der Waals surface area (Å²) in [5.74, 6) is -0.125. The fourth-order valence-electron chi connectivity index (χ4n) is 3.54. The molecule has 31 heavy (non-hydrogen) atoms. The van der Waals surface area contributed by atoms with Gasteiger partial charge in [-0.15, -0.1) is 11.8 Å². The molecule has 1 heterocycles. The zero-order valence-electron chi connectivity index (χ0n) is 16.6. The van der Waals surface area contributed by atoms with E-state index < -0.39 is 5.97 Å². The Kier molecular flexibility index (Phi) is 6.13. The van der Waals surface area contributed by atoms with Crippen molar-refractivity contribution in [1.82, 2.24) is 5.32 Å². The number of benzene rings is 3. The molecule has 0 aliphatic carbocycles. The first kappa shape index (κ1) is 20.8. The molecule has 0 saturated heterocycles. The highest BCUT2D eigenvalue weighted by Crippen LogP contribution is 2.44. The van der Waals surface area contributed by atoms with Gasteiger partial charge < -0.3 is 20.3 Å². The first-order valence-electron chi connectivity index (χ1n) is 9.80. The first-order chi connectivity index (χ1) is 15.0. The molecule has 3 aromatic carbocycles. The Labute approximate surface area is 183 Å². The predicted molar refractivity (Wildman–Crippen MR) is 119 cm³/mol. The summed E-state index contributed by atoms with van der Waals surface area (Å²) in [6, 6.07) is 19.3. The second kappa shape index (κ2) is 9.14. The topological polar surface area (TPSA) is 95.9 Å². The number of carbonyl (C=O) groups excluding carboxylic acids is 1. The van der Waals surface area contributed by atoms with Crippen molar-refractivity contribution in [1.29, 1.82) is 0 Å². The highest BCUT2D eigenvalue weighted by atomic mass is 32.2. The molecule has 4 rings (SSSR count). The van der Waals surface area contributed by atoms with E-state index in [2.05, 4.69) is 5.32 Å². The number of hydrogen-bond acceptors (Lipinski definition) is 5. The van der Waals surface area contributed by atoms with Crippen LogP contribution in [0.15, 0.2) is 66.7 Å². The highest BCUT2D eigenvalue weighted by Gasteiger charge is 2.26. The van der Waals surface area contributed by atoms with E-state index >= 15 is 0 Å². The number of carbonyl (C=O) groups is 2. The molecule has 0 bridgehead atoms. The van der Waals surface area contributed by atoms with Gasteiger partial charge in [0.25, 0.3) is 5.91 Å². The lowest BCUT2D eigenvalue weighted by Gasteiger charge is -2.19. The Hall–Kier alpha value is -3.45. The van der Waals surface area contributed by atoms with Crippen molar-refractivity contribution in [2.45, 2.75) is 11.9 Å². The normalized spacial score (nSPS) is 14.5. The monoisotopic (exact) mass is 435 g/mol. The molecule has 0 radical (unpaired) electrons. The third kappa shape index (κ3) is 4.51. The van der Waals surface area contributed by atoms with Crippen molar-refractivity contribution >= 4 is 23.6 Å².